The third-order valence-electron chi connectivity index (χ3n) is 4.09. The van der Waals surface area contributed by atoms with E-state index in [1.54, 1.807) is 11.3 Å². The predicted octanol–water partition coefficient (Wildman–Crippen LogP) is 1.99. The molecule has 0 aromatic carbocycles. The first-order valence-electron chi connectivity index (χ1n) is 6.86. The van der Waals surface area contributed by atoms with Crippen molar-refractivity contribution in [2.45, 2.75) is 31.7 Å². The molecule has 3 rings (SSSR count). The Morgan fingerprint density at radius 2 is 2.22 bits per heavy atom. The molecule has 0 aliphatic carbocycles. The van der Waals surface area contributed by atoms with Gasteiger partial charge in [-0.25, -0.2) is 0 Å². The first-order chi connectivity index (χ1) is 8.83. The molecule has 18 heavy (non-hydrogen) atoms. The summed E-state index contributed by atoms with van der Waals surface area (Å²) in [6, 6.07) is 2.68. The van der Waals surface area contributed by atoms with Crippen LogP contribution in [0.15, 0.2) is 16.8 Å². The Labute approximate surface area is 112 Å². The quantitative estimate of drug-likeness (QED) is 0.815. The Bertz CT molecular complexity index is 404. The highest BCUT2D eigenvalue weighted by Gasteiger charge is 2.30. The van der Waals surface area contributed by atoms with Crippen molar-refractivity contribution >= 4 is 17.2 Å². The van der Waals surface area contributed by atoms with E-state index in [9.17, 15) is 4.79 Å². The van der Waals surface area contributed by atoms with Crippen molar-refractivity contribution in [2.24, 2.45) is 0 Å². The van der Waals surface area contributed by atoms with Crippen LogP contribution < -0.4 is 0 Å². The number of nitrogens with zero attached hydrogens (tertiary/aromatic N) is 2. The number of rotatable bonds is 2. The zero-order valence-electron chi connectivity index (χ0n) is 10.7. The second kappa shape index (κ2) is 5.41. The maximum absolute atomic E-state index is 12.3. The van der Waals surface area contributed by atoms with Crippen LogP contribution in [0.5, 0.6) is 0 Å². The van der Waals surface area contributed by atoms with Crippen LogP contribution >= 0.6 is 11.3 Å². The number of carbonyl (C=O) groups is 1. The molecule has 0 radical (unpaired) electrons. The van der Waals surface area contributed by atoms with Gasteiger partial charge in [0.25, 0.3) is 0 Å². The first-order valence-corrected chi connectivity index (χ1v) is 7.80. The van der Waals surface area contributed by atoms with E-state index in [1.807, 2.05) is 5.38 Å². The number of fused-ring (bicyclic) bond motifs is 1. The van der Waals surface area contributed by atoms with Crippen LogP contribution in [0.4, 0.5) is 0 Å². The van der Waals surface area contributed by atoms with Gasteiger partial charge in [0.1, 0.15) is 0 Å². The molecule has 2 saturated heterocycles. The average molecular weight is 264 g/mol. The SMILES string of the molecule is O=C(Cc1ccsc1)N1CCCN2CCCC2C1. The molecule has 4 heteroatoms. The van der Waals surface area contributed by atoms with Gasteiger partial charge >= 0.3 is 0 Å². The standard InChI is InChI=1S/C14H20N2OS/c17-14(9-12-4-8-18-11-12)16-7-2-6-15-5-1-3-13(15)10-16/h4,8,11,13H,1-3,5-7,9-10H2. The van der Waals surface area contributed by atoms with Gasteiger partial charge in [-0.05, 0) is 48.2 Å². The minimum Gasteiger partial charge on any atom is -0.341 e. The summed E-state index contributed by atoms with van der Waals surface area (Å²) in [6.45, 7) is 4.29. The summed E-state index contributed by atoms with van der Waals surface area (Å²) in [7, 11) is 0. The van der Waals surface area contributed by atoms with E-state index < -0.39 is 0 Å². The molecule has 98 valence electrons. The maximum Gasteiger partial charge on any atom is 0.227 e. The van der Waals surface area contributed by atoms with Crippen molar-refractivity contribution < 1.29 is 4.79 Å². The van der Waals surface area contributed by atoms with Crippen LogP contribution in [-0.4, -0.2) is 47.9 Å². The van der Waals surface area contributed by atoms with Crippen LogP contribution in [0.1, 0.15) is 24.8 Å². The highest BCUT2D eigenvalue weighted by molar-refractivity contribution is 7.07. The summed E-state index contributed by atoms with van der Waals surface area (Å²) in [4.78, 5) is 17.0. The third kappa shape index (κ3) is 2.59. The fourth-order valence-electron chi connectivity index (χ4n) is 3.11. The monoisotopic (exact) mass is 264 g/mol. The minimum absolute atomic E-state index is 0.308. The van der Waals surface area contributed by atoms with Gasteiger partial charge in [-0.2, -0.15) is 11.3 Å². The lowest BCUT2D eigenvalue weighted by Crippen LogP contribution is -2.40. The van der Waals surface area contributed by atoms with Gasteiger partial charge in [0.05, 0.1) is 6.42 Å². The molecule has 0 spiro atoms. The summed E-state index contributed by atoms with van der Waals surface area (Å²) in [6.07, 6.45) is 4.28. The summed E-state index contributed by atoms with van der Waals surface area (Å²) < 4.78 is 0. The Balaban J connectivity index is 1.62. The van der Waals surface area contributed by atoms with Gasteiger partial charge in [0.15, 0.2) is 0 Å². The highest BCUT2D eigenvalue weighted by atomic mass is 32.1. The topological polar surface area (TPSA) is 23.6 Å². The summed E-state index contributed by atoms with van der Waals surface area (Å²) in [5.41, 5.74) is 1.16. The summed E-state index contributed by atoms with van der Waals surface area (Å²) >= 11 is 1.67. The zero-order chi connectivity index (χ0) is 12.4. The molecule has 1 atom stereocenters. The second-order valence-electron chi connectivity index (χ2n) is 5.33. The molecule has 0 saturated carbocycles. The first kappa shape index (κ1) is 12.2. The van der Waals surface area contributed by atoms with Gasteiger partial charge in [-0.3, -0.25) is 9.69 Å². The van der Waals surface area contributed by atoms with E-state index in [0.717, 1.165) is 25.1 Å². The number of hydrogen-bond acceptors (Lipinski definition) is 3. The van der Waals surface area contributed by atoms with Crippen molar-refractivity contribution in [2.75, 3.05) is 26.2 Å². The smallest absolute Gasteiger partial charge is 0.227 e. The molecule has 2 aliphatic heterocycles. The third-order valence-corrected chi connectivity index (χ3v) is 4.82. The number of amides is 1. The van der Waals surface area contributed by atoms with Crippen molar-refractivity contribution in [1.82, 2.24) is 9.80 Å². The van der Waals surface area contributed by atoms with Crippen LogP contribution in [0, 0.1) is 0 Å². The van der Waals surface area contributed by atoms with Gasteiger partial charge in [-0.1, -0.05) is 0 Å². The molecule has 0 bridgehead atoms. The molecule has 1 unspecified atom stereocenters. The minimum atomic E-state index is 0.308. The lowest BCUT2D eigenvalue weighted by atomic mass is 10.2. The molecule has 0 N–H and O–H groups in total. The van der Waals surface area contributed by atoms with E-state index in [0.29, 0.717) is 18.4 Å². The Morgan fingerprint density at radius 3 is 3.06 bits per heavy atom. The van der Waals surface area contributed by atoms with Crippen LogP contribution in [0.2, 0.25) is 0 Å². The molecule has 1 aromatic heterocycles. The zero-order valence-corrected chi connectivity index (χ0v) is 11.5. The van der Waals surface area contributed by atoms with Crippen molar-refractivity contribution in [3.63, 3.8) is 0 Å². The van der Waals surface area contributed by atoms with Crippen LogP contribution in [-0.2, 0) is 11.2 Å². The van der Waals surface area contributed by atoms with Crippen LogP contribution in [0.25, 0.3) is 0 Å². The largest absolute Gasteiger partial charge is 0.341 e. The summed E-state index contributed by atoms with van der Waals surface area (Å²) in [5.74, 6) is 0.308. The lowest BCUT2D eigenvalue weighted by molar-refractivity contribution is -0.130. The Kier molecular flexibility index (Phi) is 3.66. The molecule has 3 nitrogen and oxygen atoms in total. The second-order valence-corrected chi connectivity index (χ2v) is 6.11. The van der Waals surface area contributed by atoms with E-state index in [4.69, 9.17) is 0 Å². The predicted molar refractivity (Wildman–Crippen MR) is 73.8 cm³/mol. The van der Waals surface area contributed by atoms with E-state index in [-0.39, 0.29) is 0 Å². The normalized spacial score (nSPS) is 24.9. The van der Waals surface area contributed by atoms with Gasteiger partial charge in [-0.15, -0.1) is 0 Å². The van der Waals surface area contributed by atoms with Crippen LogP contribution in [0.3, 0.4) is 0 Å². The van der Waals surface area contributed by atoms with E-state index in [1.165, 1.54) is 25.9 Å². The van der Waals surface area contributed by atoms with Gasteiger partial charge in [0, 0.05) is 25.7 Å². The molecular formula is C14H20N2OS. The van der Waals surface area contributed by atoms with Gasteiger partial charge < -0.3 is 4.90 Å². The fraction of sp³-hybridized carbons (Fsp3) is 0.643. The molecule has 3 heterocycles. The number of hydrogen-bond donors (Lipinski definition) is 0. The molecule has 1 aromatic rings. The van der Waals surface area contributed by atoms with Crippen molar-refractivity contribution in [3.8, 4) is 0 Å². The average Bonchev–Trinajstić information content (AvgIpc) is 2.97. The van der Waals surface area contributed by atoms with E-state index >= 15 is 0 Å². The van der Waals surface area contributed by atoms with Crippen molar-refractivity contribution in [1.29, 1.82) is 0 Å². The van der Waals surface area contributed by atoms with Gasteiger partial charge in [0.2, 0.25) is 5.91 Å². The molecular weight excluding hydrogens is 244 g/mol. The fourth-order valence-corrected chi connectivity index (χ4v) is 3.78. The highest BCUT2D eigenvalue weighted by Crippen LogP contribution is 2.21. The lowest BCUT2D eigenvalue weighted by Gasteiger charge is -2.25. The van der Waals surface area contributed by atoms with Crippen molar-refractivity contribution in [3.05, 3.63) is 22.4 Å². The molecule has 2 fully saturated rings. The Hall–Kier alpha value is -0.870. The number of carbonyl (C=O) groups excluding carboxylic acids is 1. The van der Waals surface area contributed by atoms with E-state index in [2.05, 4.69) is 21.2 Å². The summed E-state index contributed by atoms with van der Waals surface area (Å²) in [5, 5.41) is 4.13. The maximum atomic E-state index is 12.3. The molecule has 1 amide bonds. The molecule has 2 aliphatic rings. The number of thiophene rings is 1. The Morgan fingerprint density at radius 1 is 1.33 bits per heavy atom.